The fraction of sp³-hybridized carbons (Fsp3) is 0.125. The van der Waals surface area contributed by atoms with Crippen LogP contribution in [0.15, 0.2) is 51.8 Å². The number of halogens is 1. The van der Waals surface area contributed by atoms with Crippen molar-refractivity contribution >= 4 is 50.9 Å². The van der Waals surface area contributed by atoms with E-state index in [1.54, 1.807) is 23.9 Å². The van der Waals surface area contributed by atoms with Crippen LogP contribution in [-0.2, 0) is 4.79 Å². The van der Waals surface area contributed by atoms with E-state index in [4.69, 9.17) is 0 Å². The van der Waals surface area contributed by atoms with E-state index in [1.807, 2.05) is 30.3 Å². The van der Waals surface area contributed by atoms with Gasteiger partial charge in [-0.3, -0.25) is 9.59 Å². The van der Waals surface area contributed by atoms with Crippen LogP contribution in [0, 0.1) is 0 Å². The van der Waals surface area contributed by atoms with E-state index < -0.39 is 0 Å². The van der Waals surface area contributed by atoms with Gasteiger partial charge >= 0.3 is 0 Å². The van der Waals surface area contributed by atoms with Crippen LogP contribution in [0.5, 0.6) is 0 Å². The van der Waals surface area contributed by atoms with E-state index in [9.17, 15) is 9.59 Å². The van der Waals surface area contributed by atoms with Crippen molar-refractivity contribution in [2.45, 2.75) is 11.3 Å². The third-order valence-electron chi connectivity index (χ3n) is 3.19. The molecule has 0 fully saturated rings. The number of amides is 2. The molecule has 22 heavy (non-hydrogen) atoms. The van der Waals surface area contributed by atoms with Crippen molar-refractivity contribution in [1.29, 1.82) is 0 Å². The SMILES string of the molecule is O=C1CCSc2ccc(C(=O)Nc3cccc(Br)c3)cc2N1. The van der Waals surface area contributed by atoms with Crippen LogP contribution < -0.4 is 10.6 Å². The van der Waals surface area contributed by atoms with Crippen LogP contribution >= 0.6 is 27.7 Å². The molecule has 0 aromatic heterocycles. The Kier molecular flexibility index (Phi) is 4.49. The Labute approximate surface area is 140 Å². The van der Waals surface area contributed by atoms with Gasteiger partial charge in [-0.15, -0.1) is 11.8 Å². The first-order valence-electron chi connectivity index (χ1n) is 6.75. The van der Waals surface area contributed by atoms with Crippen LogP contribution in [0.3, 0.4) is 0 Å². The number of thioether (sulfide) groups is 1. The number of rotatable bonds is 2. The van der Waals surface area contributed by atoms with Gasteiger partial charge < -0.3 is 10.6 Å². The van der Waals surface area contributed by atoms with E-state index in [2.05, 4.69) is 26.6 Å². The van der Waals surface area contributed by atoms with Crippen molar-refractivity contribution in [1.82, 2.24) is 0 Å². The molecule has 0 unspecified atom stereocenters. The normalized spacial score (nSPS) is 13.8. The molecular formula is C16H13BrN2O2S. The quantitative estimate of drug-likeness (QED) is 0.827. The Balaban J connectivity index is 1.83. The smallest absolute Gasteiger partial charge is 0.255 e. The minimum atomic E-state index is -0.204. The number of hydrogen-bond acceptors (Lipinski definition) is 3. The lowest BCUT2D eigenvalue weighted by Crippen LogP contribution is -2.14. The Morgan fingerprint density at radius 2 is 2.09 bits per heavy atom. The summed E-state index contributed by atoms with van der Waals surface area (Å²) in [6, 6.07) is 12.8. The molecule has 0 atom stereocenters. The van der Waals surface area contributed by atoms with Gasteiger partial charge in [0.2, 0.25) is 5.91 Å². The standard InChI is InChI=1S/C16H13BrN2O2S/c17-11-2-1-3-12(9-11)18-16(21)10-4-5-14-13(8-10)19-15(20)6-7-22-14/h1-5,8-9H,6-7H2,(H,18,21)(H,19,20). The molecule has 112 valence electrons. The van der Waals surface area contributed by atoms with Gasteiger partial charge in [0.05, 0.1) is 5.69 Å². The summed E-state index contributed by atoms with van der Waals surface area (Å²) in [4.78, 5) is 24.9. The van der Waals surface area contributed by atoms with Gasteiger partial charge in [-0.25, -0.2) is 0 Å². The minimum Gasteiger partial charge on any atom is -0.325 e. The average Bonchev–Trinajstić information content (AvgIpc) is 2.67. The van der Waals surface area contributed by atoms with Crippen molar-refractivity contribution in [3.05, 3.63) is 52.5 Å². The summed E-state index contributed by atoms with van der Waals surface area (Å²) in [5, 5.41) is 5.69. The van der Waals surface area contributed by atoms with E-state index in [0.29, 0.717) is 23.4 Å². The van der Waals surface area contributed by atoms with Crippen LogP contribution in [0.1, 0.15) is 16.8 Å². The monoisotopic (exact) mass is 376 g/mol. The number of carbonyl (C=O) groups is 2. The molecule has 2 amide bonds. The van der Waals surface area contributed by atoms with Crippen LogP contribution in [0.4, 0.5) is 11.4 Å². The molecule has 1 heterocycles. The lowest BCUT2D eigenvalue weighted by atomic mass is 10.1. The second kappa shape index (κ2) is 6.54. The van der Waals surface area contributed by atoms with Crippen LogP contribution in [0.25, 0.3) is 0 Å². The van der Waals surface area contributed by atoms with Crippen molar-refractivity contribution < 1.29 is 9.59 Å². The summed E-state index contributed by atoms with van der Waals surface area (Å²) in [5.41, 5.74) is 1.93. The maximum atomic E-state index is 12.3. The van der Waals surface area contributed by atoms with Gasteiger partial charge in [0.1, 0.15) is 0 Å². The molecule has 2 aromatic carbocycles. The molecule has 0 saturated heterocycles. The van der Waals surface area contributed by atoms with E-state index in [-0.39, 0.29) is 11.8 Å². The largest absolute Gasteiger partial charge is 0.325 e. The summed E-state index contributed by atoms with van der Waals surface area (Å²) in [5.74, 6) is 0.530. The summed E-state index contributed by atoms with van der Waals surface area (Å²) < 4.78 is 0.899. The molecule has 3 rings (SSSR count). The Morgan fingerprint density at radius 1 is 1.23 bits per heavy atom. The first-order chi connectivity index (χ1) is 10.6. The van der Waals surface area contributed by atoms with Gasteiger partial charge in [-0.05, 0) is 36.4 Å². The highest BCUT2D eigenvalue weighted by atomic mass is 79.9. The predicted molar refractivity (Wildman–Crippen MR) is 92.5 cm³/mol. The second-order valence-corrected chi connectivity index (χ2v) is 6.87. The Bertz CT molecular complexity index is 749. The zero-order valence-electron chi connectivity index (χ0n) is 11.6. The molecule has 0 saturated carbocycles. The Morgan fingerprint density at radius 3 is 2.91 bits per heavy atom. The predicted octanol–water partition coefficient (Wildman–Crippen LogP) is 4.14. The minimum absolute atomic E-state index is 0.0178. The molecule has 2 aromatic rings. The summed E-state index contributed by atoms with van der Waals surface area (Å²) >= 11 is 4.99. The molecule has 0 spiro atoms. The van der Waals surface area contributed by atoms with Crippen LogP contribution in [-0.4, -0.2) is 17.6 Å². The van der Waals surface area contributed by atoms with Crippen molar-refractivity contribution in [3.8, 4) is 0 Å². The van der Waals surface area contributed by atoms with Crippen molar-refractivity contribution in [2.75, 3.05) is 16.4 Å². The van der Waals surface area contributed by atoms with Gasteiger partial charge in [0.25, 0.3) is 5.91 Å². The van der Waals surface area contributed by atoms with E-state index in [0.717, 1.165) is 15.1 Å². The average molecular weight is 377 g/mol. The molecule has 0 bridgehead atoms. The van der Waals surface area contributed by atoms with E-state index >= 15 is 0 Å². The maximum Gasteiger partial charge on any atom is 0.255 e. The number of fused-ring (bicyclic) bond motifs is 1. The Hall–Kier alpha value is -1.79. The zero-order valence-corrected chi connectivity index (χ0v) is 14.0. The number of carbonyl (C=O) groups excluding carboxylic acids is 2. The summed E-state index contributed by atoms with van der Waals surface area (Å²) in [6.45, 7) is 0. The molecule has 1 aliphatic rings. The van der Waals surface area contributed by atoms with Gasteiger partial charge in [-0.2, -0.15) is 0 Å². The molecule has 4 nitrogen and oxygen atoms in total. The molecule has 6 heteroatoms. The molecule has 1 aliphatic heterocycles. The first-order valence-corrected chi connectivity index (χ1v) is 8.53. The molecular weight excluding hydrogens is 364 g/mol. The number of anilines is 2. The van der Waals surface area contributed by atoms with Crippen LogP contribution in [0.2, 0.25) is 0 Å². The number of hydrogen-bond donors (Lipinski definition) is 2. The fourth-order valence-electron chi connectivity index (χ4n) is 2.13. The van der Waals surface area contributed by atoms with Gasteiger partial charge in [-0.1, -0.05) is 22.0 Å². The first kappa shape index (κ1) is 15.1. The molecule has 0 radical (unpaired) electrons. The van der Waals surface area contributed by atoms with Gasteiger partial charge in [0, 0.05) is 32.8 Å². The van der Waals surface area contributed by atoms with Crippen molar-refractivity contribution in [3.63, 3.8) is 0 Å². The number of nitrogens with one attached hydrogen (secondary N) is 2. The highest BCUT2D eigenvalue weighted by Gasteiger charge is 2.15. The fourth-order valence-corrected chi connectivity index (χ4v) is 3.47. The number of benzene rings is 2. The zero-order chi connectivity index (χ0) is 15.5. The lowest BCUT2D eigenvalue weighted by molar-refractivity contribution is -0.115. The second-order valence-electron chi connectivity index (χ2n) is 4.82. The third kappa shape index (κ3) is 3.51. The highest BCUT2D eigenvalue weighted by Crippen LogP contribution is 2.31. The summed E-state index contributed by atoms with van der Waals surface area (Å²) in [6.07, 6.45) is 0.485. The summed E-state index contributed by atoms with van der Waals surface area (Å²) in [7, 11) is 0. The van der Waals surface area contributed by atoms with E-state index in [1.165, 1.54) is 0 Å². The lowest BCUT2D eigenvalue weighted by Gasteiger charge is -2.10. The topological polar surface area (TPSA) is 58.2 Å². The molecule has 0 aliphatic carbocycles. The third-order valence-corrected chi connectivity index (χ3v) is 4.75. The van der Waals surface area contributed by atoms with Crippen molar-refractivity contribution in [2.24, 2.45) is 0 Å². The van der Waals surface area contributed by atoms with Gasteiger partial charge in [0.15, 0.2) is 0 Å². The highest BCUT2D eigenvalue weighted by molar-refractivity contribution is 9.10. The maximum absolute atomic E-state index is 12.3. The molecule has 2 N–H and O–H groups in total.